The van der Waals surface area contributed by atoms with E-state index in [2.05, 4.69) is 21.2 Å². The van der Waals surface area contributed by atoms with Crippen molar-refractivity contribution < 1.29 is 38.0 Å². The van der Waals surface area contributed by atoms with Gasteiger partial charge in [-0.15, -0.1) is 0 Å². The number of Topliss-reactive ketones (excluding diaryl/α,β-unsaturated/α-hetero) is 1. The van der Waals surface area contributed by atoms with Gasteiger partial charge in [0.05, 0.1) is 40.6 Å². The highest BCUT2D eigenvalue weighted by Crippen LogP contribution is 2.49. The Morgan fingerprint density at radius 2 is 1.55 bits per heavy atom. The van der Waals surface area contributed by atoms with Crippen LogP contribution >= 0.6 is 15.9 Å². The van der Waals surface area contributed by atoms with Crippen molar-refractivity contribution in [1.82, 2.24) is 5.32 Å². The van der Waals surface area contributed by atoms with Gasteiger partial charge < -0.3 is 33.7 Å². The first-order valence-electron chi connectivity index (χ1n) is 12.8. The predicted molar refractivity (Wildman–Crippen MR) is 152 cm³/mol. The van der Waals surface area contributed by atoms with Gasteiger partial charge in [0.2, 0.25) is 0 Å². The fraction of sp³-hybridized carbons (Fsp3) is 0.400. The van der Waals surface area contributed by atoms with Crippen LogP contribution in [0, 0.1) is 0 Å². The third-order valence-corrected chi connectivity index (χ3v) is 7.95. The minimum absolute atomic E-state index is 0.0603. The van der Waals surface area contributed by atoms with Gasteiger partial charge in [0.15, 0.2) is 28.8 Å². The summed E-state index contributed by atoms with van der Waals surface area (Å²) in [5.74, 6) is 0.888. The van der Waals surface area contributed by atoms with Crippen molar-refractivity contribution in [3.63, 3.8) is 0 Å². The van der Waals surface area contributed by atoms with E-state index in [1.807, 2.05) is 25.1 Å². The Morgan fingerprint density at radius 3 is 2.20 bits per heavy atom. The number of ether oxygens (including phenoxy) is 6. The van der Waals surface area contributed by atoms with Crippen LogP contribution in [0.3, 0.4) is 0 Å². The second-order valence-corrected chi connectivity index (χ2v) is 10.3. The molecule has 0 radical (unpaired) electrons. The van der Waals surface area contributed by atoms with Crippen molar-refractivity contribution in [3.8, 4) is 23.0 Å². The van der Waals surface area contributed by atoms with E-state index in [4.69, 9.17) is 28.4 Å². The summed E-state index contributed by atoms with van der Waals surface area (Å²) in [6.07, 6.45) is 0.837. The monoisotopic (exact) mass is 615 g/mol. The van der Waals surface area contributed by atoms with Crippen LogP contribution in [0.2, 0.25) is 0 Å². The van der Waals surface area contributed by atoms with E-state index in [-0.39, 0.29) is 31.3 Å². The Balaban J connectivity index is 1.82. The molecule has 2 aromatic rings. The van der Waals surface area contributed by atoms with Gasteiger partial charge >= 0.3 is 5.97 Å². The van der Waals surface area contributed by atoms with Crippen LogP contribution in [-0.4, -0.2) is 60.5 Å². The lowest BCUT2D eigenvalue weighted by molar-refractivity contribution is -0.140. The second kappa shape index (κ2) is 12.8. The van der Waals surface area contributed by atoms with Gasteiger partial charge in [0.25, 0.3) is 0 Å². The highest BCUT2D eigenvalue weighted by molar-refractivity contribution is 9.10. The molecule has 0 spiro atoms. The van der Waals surface area contributed by atoms with Gasteiger partial charge in [-0.1, -0.05) is 22.0 Å². The molecule has 214 valence electrons. The quantitative estimate of drug-likeness (QED) is 0.291. The number of esters is 1. The molecular weight excluding hydrogens is 582 g/mol. The van der Waals surface area contributed by atoms with E-state index >= 15 is 0 Å². The number of hydrogen-bond acceptors (Lipinski definition) is 9. The fourth-order valence-corrected chi connectivity index (χ4v) is 5.90. The molecule has 4 rings (SSSR count). The first-order chi connectivity index (χ1) is 19.3. The number of benzene rings is 2. The molecule has 0 unspecified atom stereocenters. The lowest BCUT2D eigenvalue weighted by atomic mass is 9.71. The van der Waals surface area contributed by atoms with Crippen molar-refractivity contribution in [1.29, 1.82) is 0 Å². The number of hydrogen-bond donors (Lipinski definition) is 1. The summed E-state index contributed by atoms with van der Waals surface area (Å²) < 4.78 is 33.2. The molecule has 2 atom stereocenters. The molecule has 1 heterocycles. The third-order valence-electron chi connectivity index (χ3n) is 7.26. The average Bonchev–Trinajstić information content (AvgIpc) is 2.95. The Bertz CT molecular complexity index is 1370. The molecule has 2 aliphatic rings. The summed E-state index contributed by atoms with van der Waals surface area (Å²) in [6.45, 7) is 2.17. The zero-order valence-corrected chi connectivity index (χ0v) is 25.1. The summed E-state index contributed by atoms with van der Waals surface area (Å²) in [7, 11) is 7.81. The molecule has 0 bridgehead atoms. The van der Waals surface area contributed by atoms with Crippen molar-refractivity contribution in [3.05, 3.63) is 68.5 Å². The summed E-state index contributed by atoms with van der Waals surface area (Å²) in [5, 5.41) is 3.37. The molecule has 9 nitrogen and oxygen atoms in total. The number of carbonyl (C=O) groups excluding carboxylic acids is 2. The summed E-state index contributed by atoms with van der Waals surface area (Å²) in [6, 6.07) is 9.29. The standard InChI is InChI=1S/C30H34BrNO8/c1-16-27(30(34)40-10-9-35-2)28(19-14-25(38-5)26(39-6)15-20(19)31)29-21(32-16)11-18(12-22(29)33)17-7-8-23(36-3)24(13-17)37-4/h7-8,13-15,18,28,32H,9-12H2,1-6H3/t18-,28-/m1/s1. The maximum absolute atomic E-state index is 14.0. The average molecular weight is 617 g/mol. The number of ketones is 1. The molecule has 40 heavy (non-hydrogen) atoms. The normalized spacial score (nSPS) is 18.6. The maximum Gasteiger partial charge on any atom is 0.336 e. The van der Waals surface area contributed by atoms with Gasteiger partial charge in [-0.2, -0.15) is 0 Å². The van der Waals surface area contributed by atoms with Crippen molar-refractivity contribution >= 4 is 27.7 Å². The van der Waals surface area contributed by atoms with Crippen molar-refractivity contribution in [2.24, 2.45) is 0 Å². The molecule has 0 aromatic heterocycles. The van der Waals surface area contributed by atoms with Gasteiger partial charge in [-0.05, 0) is 54.7 Å². The van der Waals surface area contributed by atoms with E-state index in [9.17, 15) is 9.59 Å². The van der Waals surface area contributed by atoms with Crippen LogP contribution in [0.4, 0.5) is 0 Å². The molecule has 1 aliphatic heterocycles. The van der Waals surface area contributed by atoms with Crippen molar-refractivity contribution in [2.75, 3.05) is 48.8 Å². The summed E-state index contributed by atoms with van der Waals surface area (Å²) >= 11 is 3.65. The predicted octanol–water partition coefficient (Wildman–Crippen LogP) is 5.03. The Hall–Kier alpha value is -3.50. The van der Waals surface area contributed by atoms with Gasteiger partial charge in [0, 0.05) is 40.9 Å². The minimum atomic E-state index is -0.681. The van der Waals surface area contributed by atoms with E-state index in [0.29, 0.717) is 56.3 Å². The Labute approximate surface area is 242 Å². The number of nitrogens with one attached hydrogen (secondary N) is 1. The molecule has 10 heteroatoms. The van der Waals surface area contributed by atoms with Crippen LogP contribution in [-0.2, 0) is 19.1 Å². The minimum Gasteiger partial charge on any atom is -0.493 e. The number of methoxy groups -OCH3 is 5. The summed E-state index contributed by atoms with van der Waals surface area (Å²) in [5.41, 5.74) is 3.95. The third kappa shape index (κ3) is 5.69. The Kier molecular flexibility index (Phi) is 9.42. The highest BCUT2D eigenvalue weighted by atomic mass is 79.9. The number of rotatable bonds is 10. The maximum atomic E-state index is 14.0. The summed E-state index contributed by atoms with van der Waals surface area (Å²) in [4.78, 5) is 27.4. The Morgan fingerprint density at radius 1 is 0.900 bits per heavy atom. The number of dihydropyridines is 1. The largest absolute Gasteiger partial charge is 0.493 e. The molecule has 0 saturated heterocycles. The SMILES string of the molecule is COCCOC(=O)C1=C(C)NC2=C(C(=O)C[C@H](c3ccc(OC)c(OC)c3)C2)[C@@H]1c1cc(OC)c(OC)cc1Br. The van der Waals surface area contributed by atoms with Gasteiger partial charge in [-0.3, -0.25) is 4.79 Å². The number of halogens is 1. The molecule has 1 N–H and O–H groups in total. The van der Waals surface area contributed by atoms with Crippen LogP contribution in [0.1, 0.15) is 42.7 Å². The van der Waals surface area contributed by atoms with E-state index in [1.54, 1.807) is 40.6 Å². The lowest BCUT2D eigenvalue weighted by Crippen LogP contribution is -2.36. The second-order valence-electron chi connectivity index (χ2n) is 9.49. The fourth-order valence-electron chi connectivity index (χ4n) is 5.35. The number of carbonyl (C=O) groups is 2. The van der Waals surface area contributed by atoms with Crippen LogP contribution in [0.5, 0.6) is 23.0 Å². The molecule has 0 saturated carbocycles. The first-order valence-corrected chi connectivity index (χ1v) is 13.6. The van der Waals surface area contributed by atoms with E-state index in [1.165, 1.54) is 7.11 Å². The highest BCUT2D eigenvalue weighted by Gasteiger charge is 2.42. The molecule has 0 fully saturated rings. The molecule has 2 aromatic carbocycles. The zero-order valence-electron chi connectivity index (χ0n) is 23.5. The van der Waals surface area contributed by atoms with Gasteiger partial charge in [-0.25, -0.2) is 4.79 Å². The smallest absolute Gasteiger partial charge is 0.336 e. The van der Waals surface area contributed by atoms with Crippen LogP contribution in [0.25, 0.3) is 0 Å². The van der Waals surface area contributed by atoms with E-state index < -0.39 is 11.9 Å². The van der Waals surface area contributed by atoms with E-state index in [0.717, 1.165) is 11.3 Å². The zero-order chi connectivity index (χ0) is 29.0. The van der Waals surface area contributed by atoms with Gasteiger partial charge in [0.1, 0.15) is 6.61 Å². The topological polar surface area (TPSA) is 102 Å². The molecule has 1 aliphatic carbocycles. The van der Waals surface area contributed by atoms with Crippen LogP contribution < -0.4 is 24.3 Å². The van der Waals surface area contributed by atoms with Crippen LogP contribution in [0.15, 0.2) is 57.3 Å². The lowest BCUT2D eigenvalue weighted by Gasteiger charge is -2.37. The molecule has 0 amide bonds. The van der Waals surface area contributed by atoms with Crippen molar-refractivity contribution in [2.45, 2.75) is 31.6 Å². The molecular formula is C30H34BrNO8. The first kappa shape index (κ1) is 29.5. The number of allylic oxidation sites excluding steroid dienone is 3.